The topological polar surface area (TPSA) is 54.9 Å². The Morgan fingerprint density at radius 3 is 2.54 bits per heavy atom. The zero-order valence-corrected chi connectivity index (χ0v) is 14.2. The minimum atomic E-state index is -0.204. The zero-order valence-electron chi connectivity index (χ0n) is 12.6. The lowest BCUT2D eigenvalue weighted by molar-refractivity contribution is 0.102. The number of aromatic nitrogens is 2. The molecule has 0 fully saturated rings. The molecule has 1 N–H and O–H groups in total. The second-order valence-corrected chi connectivity index (χ2v) is 6.43. The second kappa shape index (κ2) is 7.95. The lowest BCUT2D eigenvalue weighted by Crippen LogP contribution is -2.13. The molecule has 4 nitrogen and oxygen atoms in total. The number of nitrogens with zero attached hydrogens (tertiary/aromatic N) is 2. The molecule has 0 aliphatic carbocycles. The number of carbonyl (C=O) groups is 1. The second-order valence-electron chi connectivity index (χ2n) is 5.00. The number of anilines is 1. The third kappa shape index (κ3) is 4.57. The van der Waals surface area contributed by atoms with Gasteiger partial charge in [-0.3, -0.25) is 4.79 Å². The molecule has 1 aromatic heterocycles. The van der Waals surface area contributed by atoms with Crippen molar-refractivity contribution >= 4 is 35.1 Å². The summed E-state index contributed by atoms with van der Waals surface area (Å²) >= 11 is 7.53. The number of rotatable bonds is 5. The van der Waals surface area contributed by atoms with Crippen LogP contribution in [-0.2, 0) is 5.75 Å². The molecule has 1 amide bonds. The van der Waals surface area contributed by atoms with Gasteiger partial charge in [-0.15, -0.1) is 10.2 Å². The van der Waals surface area contributed by atoms with Gasteiger partial charge in [0.2, 0.25) is 0 Å². The third-order valence-corrected chi connectivity index (χ3v) is 4.42. The Morgan fingerprint density at radius 1 is 1.00 bits per heavy atom. The summed E-state index contributed by atoms with van der Waals surface area (Å²) in [5, 5.41) is 12.4. The van der Waals surface area contributed by atoms with Gasteiger partial charge in [-0.25, -0.2) is 0 Å². The maximum absolute atomic E-state index is 12.0. The normalized spacial score (nSPS) is 10.4. The van der Waals surface area contributed by atoms with Crippen molar-refractivity contribution in [2.45, 2.75) is 10.8 Å². The molecular formula is C18H14ClN3OS. The van der Waals surface area contributed by atoms with Gasteiger partial charge >= 0.3 is 0 Å². The van der Waals surface area contributed by atoms with Gasteiger partial charge in [0.05, 0.1) is 0 Å². The summed E-state index contributed by atoms with van der Waals surface area (Å²) in [6.07, 6.45) is 0. The fraction of sp³-hybridized carbons (Fsp3) is 0.0556. The highest BCUT2D eigenvalue weighted by molar-refractivity contribution is 7.98. The predicted octanol–water partition coefficient (Wildman–Crippen LogP) is 4.67. The van der Waals surface area contributed by atoms with E-state index >= 15 is 0 Å². The summed E-state index contributed by atoms with van der Waals surface area (Å²) in [6.45, 7) is 0. The summed E-state index contributed by atoms with van der Waals surface area (Å²) < 4.78 is 0. The number of halogens is 1. The van der Waals surface area contributed by atoms with Crippen LogP contribution in [0.2, 0.25) is 5.02 Å². The third-order valence-electron chi connectivity index (χ3n) is 3.19. The van der Waals surface area contributed by atoms with Gasteiger partial charge < -0.3 is 5.32 Å². The highest BCUT2D eigenvalue weighted by Crippen LogP contribution is 2.22. The molecule has 120 valence electrons. The maximum atomic E-state index is 12.0. The Kier molecular flexibility index (Phi) is 5.46. The molecule has 1 heterocycles. The minimum absolute atomic E-state index is 0.204. The summed E-state index contributed by atoms with van der Waals surface area (Å²) in [5.74, 6) is 0.977. The van der Waals surface area contributed by atoms with Crippen molar-refractivity contribution in [1.29, 1.82) is 0 Å². The molecule has 0 radical (unpaired) electrons. The van der Waals surface area contributed by atoms with E-state index in [4.69, 9.17) is 11.6 Å². The Labute approximate surface area is 149 Å². The first-order valence-corrected chi connectivity index (χ1v) is 8.64. The van der Waals surface area contributed by atoms with Crippen LogP contribution in [0.1, 0.15) is 15.9 Å². The number of benzene rings is 2. The van der Waals surface area contributed by atoms with Crippen molar-refractivity contribution in [3.63, 3.8) is 0 Å². The predicted molar refractivity (Wildman–Crippen MR) is 97.4 cm³/mol. The molecule has 3 aromatic rings. The highest BCUT2D eigenvalue weighted by Gasteiger charge is 2.07. The molecule has 0 saturated heterocycles. The van der Waals surface area contributed by atoms with E-state index in [0.29, 0.717) is 11.4 Å². The first kappa shape index (κ1) is 16.5. The van der Waals surface area contributed by atoms with Crippen molar-refractivity contribution in [1.82, 2.24) is 10.2 Å². The largest absolute Gasteiger partial charge is 0.305 e. The van der Waals surface area contributed by atoms with E-state index in [1.165, 1.54) is 0 Å². The summed E-state index contributed by atoms with van der Waals surface area (Å²) in [6, 6.07) is 20.3. The van der Waals surface area contributed by atoms with Crippen LogP contribution in [0, 0.1) is 0 Å². The molecule has 0 unspecified atom stereocenters. The molecule has 0 spiro atoms. The fourth-order valence-corrected chi connectivity index (χ4v) is 3.00. The average Bonchev–Trinajstić information content (AvgIpc) is 2.62. The molecule has 0 aliphatic heterocycles. The first-order chi connectivity index (χ1) is 11.7. The monoisotopic (exact) mass is 355 g/mol. The van der Waals surface area contributed by atoms with E-state index in [0.717, 1.165) is 21.4 Å². The Morgan fingerprint density at radius 2 is 1.83 bits per heavy atom. The molecule has 0 aliphatic rings. The number of hydrogen-bond acceptors (Lipinski definition) is 4. The van der Waals surface area contributed by atoms with Gasteiger partial charge in [0.15, 0.2) is 5.82 Å². The quantitative estimate of drug-likeness (QED) is 0.675. The minimum Gasteiger partial charge on any atom is -0.305 e. The van der Waals surface area contributed by atoms with E-state index in [9.17, 15) is 4.79 Å². The molecular weight excluding hydrogens is 342 g/mol. The van der Waals surface area contributed by atoms with Gasteiger partial charge in [0.25, 0.3) is 5.91 Å². The van der Waals surface area contributed by atoms with E-state index in [1.54, 1.807) is 30.0 Å². The number of carbonyl (C=O) groups excluding carboxylic acids is 1. The number of amides is 1. The fourth-order valence-electron chi connectivity index (χ4n) is 2.03. The average molecular weight is 356 g/mol. The van der Waals surface area contributed by atoms with E-state index in [2.05, 4.69) is 15.5 Å². The molecule has 0 bridgehead atoms. The van der Waals surface area contributed by atoms with Crippen LogP contribution in [0.15, 0.2) is 71.8 Å². The standard InChI is InChI=1S/C18H14ClN3OS/c19-15-8-4-5-13(11-15)12-24-17-10-9-16(21-22-17)20-18(23)14-6-2-1-3-7-14/h1-11H,12H2,(H,20,21,23). The lowest BCUT2D eigenvalue weighted by atomic mass is 10.2. The van der Waals surface area contributed by atoms with Crippen molar-refractivity contribution in [3.8, 4) is 0 Å². The number of thioether (sulfide) groups is 1. The van der Waals surface area contributed by atoms with E-state index in [1.807, 2.05) is 48.5 Å². The summed E-state index contributed by atoms with van der Waals surface area (Å²) in [7, 11) is 0. The van der Waals surface area contributed by atoms with E-state index < -0.39 is 0 Å². The van der Waals surface area contributed by atoms with Crippen molar-refractivity contribution in [2.24, 2.45) is 0 Å². The van der Waals surface area contributed by atoms with Gasteiger partial charge in [-0.05, 0) is 42.0 Å². The number of hydrogen-bond donors (Lipinski definition) is 1. The van der Waals surface area contributed by atoms with Crippen molar-refractivity contribution in [3.05, 3.63) is 82.9 Å². The van der Waals surface area contributed by atoms with Crippen LogP contribution >= 0.6 is 23.4 Å². The molecule has 6 heteroatoms. The molecule has 0 atom stereocenters. The molecule has 2 aromatic carbocycles. The SMILES string of the molecule is O=C(Nc1ccc(SCc2cccc(Cl)c2)nn1)c1ccccc1. The zero-order chi connectivity index (χ0) is 16.8. The van der Waals surface area contributed by atoms with Crippen LogP contribution in [0.4, 0.5) is 5.82 Å². The highest BCUT2D eigenvalue weighted by atomic mass is 35.5. The van der Waals surface area contributed by atoms with Gasteiger partial charge in [0, 0.05) is 16.3 Å². The Balaban J connectivity index is 1.58. The number of nitrogens with one attached hydrogen (secondary N) is 1. The van der Waals surface area contributed by atoms with Crippen LogP contribution in [0.5, 0.6) is 0 Å². The lowest BCUT2D eigenvalue weighted by Gasteiger charge is -2.05. The smallest absolute Gasteiger partial charge is 0.256 e. The first-order valence-electron chi connectivity index (χ1n) is 7.28. The van der Waals surface area contributed by atoms with Crippen molar-refractivity contribution in [2.75, 3.05) is 5.32 Å². The maximum Gasteiger partial charge on any atom is 0.256 e. The molecule has 3 rings (SSSR count). The van der Waals surface area contributed by atoms with Gasteiger partial charge in [-0.2, -0.15) is 0 Å². The van der Waals surface area contributed by atoms with Crippen LogP contribution in [0.25, 0.3) is 0 Å². The Bertz CT molecular complexity index is 825. The molecule has 0 saturated carbocycles. The van der Waals surface area contributed by atoms with Crippen LogP contribution < -0.4 is 5.32 Å². The van der Waals surface area contributed by atoms with Crippen LogP contribution in [-0.4, -0.2) is 16.1 Å². The van der Waals surface area contributed by atoms with Gasteiger partial charge in [0.1, 0.15) is 5.03 Å². The Hall–Kier alpha value is -2.37. The van der Waals surface area contributed by atoms with E-state index in [-0.39, 0.29) is 5.91 Å². The van der Waals surface area contributed by atoms with Crippen LogP contribution in [0.3, 0.4) is 0 Å². The van der Waals surface area contributed by atoms with Crippen molar-refractivity contribution < 1.29 is 4.79 Å². The molecule has 24 heavy (non-hydrogen) atoms. The summed E-state index contributed by atoms with van der Waals surface area (Å²) in [5.41, 5.74) is 1.70. The summed E-state index contributed by atoms with van der Waals surface area (Å²) in [4.78, 5) is 12.0. The van der Waals surface area contributed by atoms with Gasteiger partial charge in [-0.1, -0.05) is 53.7 Å².